The van der Waals surface area contributed by atoms with E-state index in [1.165, 1.54) is 6.20 Å². The molecule has 2 heterocycles. The van der Waals surface area contributed by atoms with Gasteiger partial charge in [0.2, 0.25) is 6.79 Å². The summed E-state index contributed by atoms with van der Waals surface area (Å²) in [6.07, 6.45) is -0.361. The number of carboxylic acid groups (broad SMARTS) is 1. The number of pyridine rings is 1. The van der Waals surface area contributed by atoms with Gasteiger partial charge in [-0.1, -0.05) is 6.07 Å². The molecule has 0 saturated heterocycles. The van der Waals surface area contributed by atoms with Gasteiger partial charge in [0.1, 0.15) is 6.09 Å². The van der Waals surface area contributed by atoms with Gasteiger partial charge in [0.25, 0.3) is 5.56 Å². The second-order valence-corrected chi connectivity index (χ2v) is 4.36. The summed E-state index contributed by atoms with van der Waals surface area (Å²) in [6, 6.07) is 6.86. The van der Waals surface area contributed by atoms with Gasteiger partial charge in [-0.25, -0.2) is 0 Å². The molecule has 0 bridgehead atoms. The van der Waals surface area contributed by atoms with Gasteiger partial charge in [-0.2, -0.15) is 0 Å². The SMILES string of the molecule is Cc1c(-c2ccc3c(c2)OCO3)ccn(C(=O)[O-])c1=O. The Balaban J connectivity index is 2.14. The minimum Gasteiger partial charge on any atom is -0.529 e. The van der Waals surface area contributed by atoms with Crippen LogP contribution >= 0.6 is 0 Å². The topological polar surface area (TPSA) is 80.6 Å². The molecule has 0 amide bonds. The van der Waals surface area contributed by atoms with Crippen molar-refractivity contribution in [1.82, 2.24) is 4.57 Å². The molecule has 0 N–H and O–H groups in total. The number of fused-ring (bicyclic) bond motifs is 1. The van der Waals surface area contributed by atoms with E-state index in [2.05, 4.69) is 0 Å². The predicted octanol–water partition coefficient (Wildman–Crippen LogP) is 0.744. The number of nitrogens with zero attached hydrogens (tertiary/aromatic N) is 1. The molecule has 20 heavy (non-hydrogen) atoms. The summed E-state index contributed by atoms with van der Waals surface area (Å²) in [6.45, 7) is 1.74. The van der Waals surface area contributed by atoms with E-state index in [-0.39, 0.29) is 6.79 Å². The summed E-state index contributed by atoms with van der Waals surface area (Å²) >= 11 is 0. The molecule has 0 aliphatic carbocycles. The van der Waals surface area contributed by atoms with Gasteiger partial charge in [0.15, 0.2) is 11.5 Å². The Morgan fingerprint density at radius 3 is 2.75 bits per heavy atom. The first-order chi connectivity index (χ1) is 9.58. The summed E-state index contributed by atoms with van der Waals surface area (Å²) in [7, 11) is 0. The van der Waals surface area contributed by atoms with E-state index in [4.69, 9.17) is 9.47 Å². The fourth-order valence-electron chi connectivity index (χ4n) is 2.16. The lowest BCUT2D eigenvalue weighted by atomic mass is 10.0. The molecule has 6 nitrogen and oxygen atoms in total. The van der Waals surface area contributed by atoms with Crippen molar-refractivity contribution < 1.29 is 19.4 Å². The molecule has 1 aliphatic heterocycles. The van der Waals surface area contributed by atoms with Crippen LogP contribution in [0.2, 0.25) is 0 Å². The Morgan fingerprint density at radius 1 is 1.25 bits per heavy atom. The van der Waals surface area contributed by atoms with Crippen molar-refractivity contribution in [2.45, 2.75) is 6.92 Å². The highest BCUT2D eigenvalue weighted by Crippen LogP contribution is 2.36. The average Bonchev–Trinajstić information content (AvgIpc) is 2.88. The van der Waals surface area contributed by atoms with E-state index < -0.39 is 11.7 Å². The quantitative estimate of drug-likeness (QED) is 0.765. The van der Waals surface area contributed by atoms with Gasteiger partial charge >= 0.3 is 0 Å². The molecular weight excluding hydrogens is 262 g/mol. The number of hydrogen-bond acceptors (Lipinski definition) is 5. The molecular formula is C14H10NO5-. The van der Waals surface area contributed by atoms with Gasteiger partial charge in [-0.15, -0.1) is 0 Å². The Morgan fingerprint density at radius 2 is 2.00 bits per heavy atom. The van der Waals surface area contributed by atoms with Crippen LogP contribution in [0.4, 0.5) is 4.79 Å². The van der Waals surface area contributed by atoms with Crippen molar-refractivity contribution in [3.8, 4) is 22.6 Å². The molecule has 6 heteroatoms. The fourth-order valence-corrected chi connectivity index (χ4v) is 2.16. The molecule has 0 spiro atoms. The van der Waals surface area contributed by atoms with E-state index in [1.54, 1.807) is 31.2 Å². The molecule has 0 fully saturated rings. The maximum atomic E-state index is 11.9. The normalized spacial score (nSPS) is 12.4. The second-order valence-electron chi connectivity index (χ2n) is 4.36. The van der Waals surface area contributed by atoms with Gasteiger partial charge in [-0.05, 0) is 36.2 Å². The summed E-state index contributed by atoms with van der Waals surface area (Å²) in [5.41, 5.74) is 1.12. The van der Waals surface area contributed by atoms with Crippen molar-refractivity contribution >= 4 is 6.09 Å². The third-order valence-electron chi connectivity index (χ3n) is 3.21. The predicted molar refractivity (Wildman–Crippen MR) is 67.8 cm³/mol. The summed E-state index contributed by atoms with van der Waals surface area (Å²) < 4.78 is 11.1. The highest BCUT2D eigenvalue weighted by atomic mass is 16.7. The number of carbonyl (C=O) groups is 1. The van der Waals surface area contributed by atoms with Gasteiger partial charge < -0.3 is 19.4 Å². The van der Waals surface area contributed by atoms with E-state index in [0.29, 0.717) is 27.2 Å². The maximum Gasteiger partial charge on any atom is 0.259 e. The standard InChI is InChI=1S/C14H11NO5/c1-8-10(4-5-15(13(8)16)14(17)18)9-2-3-11-12(6-9)20-7-19-11/h2-6H,7H2,1H3,(H,17,18)/p-1. The number of aromatic nitrogens is 1. The van der Waals surface area contributed by atoms with Crippen molar-refractivity contribution in [2.75, 3.05) is 6.79 Å². The Bertz CT molecular complexity index is 763. The van der Waals surface area contributed by atoms with E-state index in [0.717, 1.165) is 5.56 Å². The molecule has 102 valence electrons. The lowest BCUT2D eigenvalue weighted by Crippen LogP contribution is -2.37. The second kappa shape index (κ2) is 4.41. The van der Waals surface area contributed by atoms with E-state index in [1.807, 2.05) is 0 Å². The average molecular weight is 272 g/mol. The lowest BCUT2D eigenvalue weighted by molar-refractivity contribution is -0.250. The first-order valence-electron chi connectivity index (χ1n) is 5.91. The molecule has 1 aliphatic rings. The number of rotatable bonds is 1. The monoisotopic (exact) mass is 272 g/mol. The van der Waals surface area contributed by atoms with E-state index >= 15 is 0 Å². The van der Waals surface area contributed by atoms with Gasteiger partial charge in [0.05, 0.1) is 0 Å². The summed E-state index contributed by atoms with van der Waals surface area (Å²) in [4.78, 5) is 22.7. The van der Waals surface area contributed by atoms with Crippen LogP contribution in [0.5, 0.6) is 11.5 Å². The van der Waals surface area contributed by atoms with Crippen LogP contribution < -0.4 is 20.1 Å². The van der Waals surface area contributed by atoms with Crippen LogP contribution in [0.15, 0.2) is 35.3 Å². The van der Waals surface area contributed by atoms with Crippen LogP contribution in [0.25, 0.3) is 11.1 Å². The zero-order chi connectivity index (χ0) is 14.3. The van der Waals surface area contributed by atoms with Crippen LogP contribution in [-0.4, -0.2) is 17.5 Å². The third-order valence-corrected chi connectivity index (χ3v) is 3.21. The Hall–Kier alpha value is -2.76. The van der Waals surface area contributed by atoms with E-state index in [9.17, 15) is 14.7 Å². The Labute approximate surface area is 113 Å². The molecule has 3 rings (SSSR count). The molecule has 0 unspecified atom stereocenters. The van der Waals surface area contributed by atoms with Gasteiger partial charge in [-0.3, -0.25) is 9.36 Å². The number of ether oxygens (including phenoxy) is 2. The number of hydrogen-bond donors (Lipinski definition) is 0. The zero-order valence-electron chi connectivity index (χ0n) is 10.6. The minimum atomic E-state index is -1.55. The largest absolute Gasteiger partial charge is 0.529 e. The maximum absolute atomic E-state index is 11.9. The molecule has 0 atom stereocenters. The van der Waals surface area contributed by atoms with Gasteiger partial charge in [0, 0.05) is 11.8 Å². The van der Waals surface area contributed by atoms with Crippen LogP contribution in [0.1, 0.15) is 5.56 Å². The summed E-state index contributed by atoms with van der Waals surface area (Å²) in [5.74, 6) is 1.25. The fraction of sp³-hybridized carbons (Fsp3) is 0.143. The highest BCUT2D eigenvalue weighted by Gasteiger charge is 2.15. The summed E-state index contributed by atoms with van der Waals surface area (Å²) in [5, 5.41) is 10.8. The van der Waals surface area contributed by atoms with Crippen LogP contribution in [0, 0.1) is 6.92 Å². The minimum absolute atomic E-state index is 0.171. The zero-order valence-corrected chi connectivity index (χ0v) is 10.6. The first-order valence-corrected chi connectivity index (χ1v) is 5.91. The van der Waals surface area contributed by atoms with Crippen molar-refractivity contribution in [1.29, 1.82) is 0 Å². The van der Waals surface area contributed by atoms with Crippen LogP contribution in [-0.2, 0) is 0 Å². The van der Waals surface area contributed by atoms with Crippen molar-refractivity contribution in [3.05, 3.63) is 46.4 Å². The van der Waals surface area contributed by atoms with Crippen molar-refractivity contribution in [3.63, 3.8) is 0 Å². The number of benzene rings is 1. The van der Waals surface area contributed by atoms with Crippen molar-refractivity contribution in [2.24, 2.45) is 0 Å². The lowest BCUT2D eigenvalue weighted by Gasteiger charge is -2.11. The molecule has 1 aromatic heterocycles. The molecule has 2 aromatic rings. The molecule has 0 saturated carbocycles. The van der Waals surface area contributed by atoms with Crippen LogP contribution in [0.3, 0.4) is 0 Å². The third kappa shape index (κ3) is 1.82. The molecule has 1 aromatic carbocycles. The smallest absolute Gasteiger partial charge is 0.259 e. The number of carbonyl (C=O) groups excluding carboxylic acids is 1. The highest BCUT2D eigenvalue weighted by molar-refractivity contribution is 5.72. The molecule has 0 radical (unpaired) electrons. The first kappa shape index (κ1) is 12.3. The Kier molecular flexibility index (Phi) is 2.71.